The number of rotatable bonds is 4. The average molecular weight is 387 g/mol. The normalized spacial score (nSPS) is 14.9. The number of benzene rings is 1. The lowest BCUT2D eigenvalue weighted by molar-refractivity contribution is 0.601. The van der Waals surface area contributed by atoms with Crippen LogP contribution in [0, 0.1) is 6.92 Å². The highest BCUT2D eigenvalue weighted by atomic mass is 35.5. The Labute approximate surface area is 150 Å². The Hall–Kier alpha value is -1.57. The van der Waals surface area contributed by atoms with E-state index in [0.29, 0.717) is 16.5 Å². The number of hydrogen-bond donors (Lipinski definition) is 1. The predicted molar refractivity (Wildman–Crippen MR) is 95.5 cm³/mol. The van der Waals surface area contributed by atoms with Crippen LogP contribution in [0.5, 0.6) is 0 Å². The SMILES string of the molecule is Cc1cc(S(=O)(=O)Nc2cnc(N3CCCC3)nc2)c(Cl)cc1Cl. The number of halogens is 2. The molecule has 0 saturated carbocycles. The zero-order valence-electron chi connectivity index (χ0n) is 13.0. The summed E-state index contributed by atoms with van der Waals surface area (Å²) in [6.07, 6.45) is 5.14. The first kappa shape index (κ1) is 17.3. The number of hydrogen-bond acceptors (Lipinski definition) is 5. The van der Waals surface area contributed by atoms with E-state index in [0.717, 1.165) is 25.9 Å². The second-order valence-corrected chi connectivity index (χ2v) is 8.07. The fraction of sp³-hybridized carbons (Fsp3) is 0.333. The van der Waals surface area contributed by atoms with E-state index >= 15 is 0 Å². The monoisotopic (exact) mass is 386 g/mol. The van der Waals surface area contributed by atoms with E-state index in [9.17, 15) is 8.42 Å². The molecule has 1 aliphatic rings. The number of anilines is 2. The minimum atomic E-state index is -3.85. The Morgan fingerprint density at radius 1 is 1.08 bits per heavy atom. The molecule has 24 heavy (non-hydrogen) atoms. The Morgan fingerprint density at radius 3 is 2.33 bits per heavy atom. The molecule has 0 spiro atoms. The van der Waals surface area contributed by atoms with Crippen LogP contribution >= 0.6 is 23.2 Å². The van der Waals surface area contributed by atoms with Gasteiger partial charge in [-0.3, -0.25) is 4.72 Å². The quantitative estimate of drug-likeness (QED) is 0.869. The standard InChI is InChI=1S/C15H16Cl2N4O2S/c1-10-6-14(13(17)7-12(10)16)24(22,23)20-11-8-18-15(19-9-11)21-4-2-3-5-21/h6-9,20H,2-5H2,1H3. The number of aryl methyl sites for hydroxylation is 1. The molecule has 9 heteroatoms. The smallest absolute Gasteiger partial charge is 0.263 e. The first-order valence-electron chi connectivity index (χ1n) is 7.42. The first-order chi connectivity index (χ1) is 11.4. The fourth-order valence-corrected chi connectivity index (χ4v) is 4.36. The molecular formula is C15H16Cl2N4O2S. The Bertz CT molecular complexity index is 851. The Kier molecular flexibility index (Phi) is 4.85. The van der Waals surface area contributed by atoms with E-state index in [-0.39, 0.29) is 15.6 Å². The van der Waals surface area contributed by atoms with E-state index in [1.165, 1.54) is 24.5 Å². The van der Waals surface area contributed by atoms with Crippen LogP contribution in [0.3, 0.4) is 0 Å². The van der Waals surface area contributed by atoms with Gasteiger partial charge in [0.05, 0.1) is 23.1 Å². The zero-order chi connectivity index (χ0) is 17.3. The molecule has 1 aromatic heterocycles. The molecule has 128 valence electrons. The third-order valence-electron chi connectivity index (χ3n) is 3.78. The summed E-state index contributed by atoms with van der Waals surface area (Å²) < 4.78 is 27.5. The third-order valence-corrected chi connectivity index (χ3v) is 6.04. The van der Waals surface area contributed by atoms with Crippen molar-refractivity contribution in [3.05, 3.63) is 40.1 Å². The van der Waals surface area contributed by atoms with Crippen molar-refractivity contribution in [1.29, 1.82) is 0 Å². The first-order valence-corrected chi connectivity index (χ1v) is 9.66. The van der Waals surface area contributed by atoms with Crippen molar-refractivity contribution in [2.75, 3.05) is 22.7 Å². The summed E-state index contributed by atoms with van der Waals surface area (Å²) in [5, 5.41) is 0.477. The summed E-state index contributed by atoms with van der Waals surface area (Å²) in [5.74, 6) is 0.607. The lowest BCUT2D eigenvalue weighted by atomic mass is 10.2. The summed E-state index contributed by atoms with van der Waals surface area (Å²) in [6, 6.07) is 2.85. The lowest BCUT2D eigenvalue weighted by Crippen LogP contribution is -2.20. The van der Waals surface area contributed by atoms with Gasteiger partial charge < -0.3 is 4.90 Å². The van der Waals surface area contributed by atoms with Crippen molar-refractivity contribution in [3.8, 4) is 0 Å². The van der Waals surface area contributed by atoms with Crippen LogP contribution < -0.4 is 9.62 Å². The van der Waals surface area contributed by atoms with Gasteiger partial charge in [0.2, 0.25) is 5.95 Å². The van der Waals surface area contributed by atoms with Crippen molar-refractivity contribution in [2.45, 2.75) is 24.7 Å². The summed E-state index contributed by atoms with van der Waals surface area (Å²) >= 11 is 12.0. The molecule has 1 fully saturated rings. The summed E-state index contributed by atoms with van der Waals surface area (Å²) in [5.41, 5.74) is 0.906. The molecule has 0 radical (unpaired) electrons. The average Bonchev–Trinajstić information content (AvgIpc) is 3.05. The molecule has 2 heterocycles. The molecule has 1 aromatic carbocycles. The highest BCUT2D eigenvalue weighted by Crippen LogP contribution is 2.29. The maximum Gasteiger partial charge on any atom is 0.263 e. The molecule has 2 aromatic rings. The second kappa shape index (κ2) is 6.74. The molecule has 0 atom stereocenters. The molecule has 1 saturated heterocycles. The molecule has 1 aliphatic heterocycles. The van der Waals surface area contributed by atoms with Crippen molar-refractivity contribution in [2.24, 2.45) is 0 Å². The molecule has 6 nitrogen and oxygen atoms in total. The molecular weight excluding hydrogens is 371 g/mol. The molecule has 1 N–H and O–H groups in total. The summed E-state index contributed by atoms with van der Waals surface area (Å²) in [4.78, 5) is 10.5. The maximum absolute atomic E-state index is 12.5. The van der Waals surface area contributed by atoms with Gasteiger partial charge in [-0.2, -0.15) is 0 Å². The molecule has 0 unspecified atom stereocenters. The van der Waals surface area contributed by atoms with Gasteiger partial charge in [0.1, 0.15) is 4.90 Å². The van der Waals surface area contributed by atoms with Crippen LogP contribution in [0.1, 0.15) is 18.4 Å². The topological polar surface area (TPSA) is 75.2 Å². The van der Waals surface area contributed by atoms with Gasteiger partial charge in [0.15, 0.2) is 0 Å². The van der Waals surface area contributed by atoms with Crippen LogP contribution in [-0.4, -0.2) is 31.5 Å². The van der Waals surface area contributed by atoms with E-state index in [2.05, 4.69) is 19.6 Å². The van der Waals surface area contributed by atoms with E-state index in [1.807, 2.05) is 0 Å². The predicted octanol–water partition coefficient (Wildman–Crippen LogP) is 3.49. The second-order valence-electron chi connectivity index (χ2n) is 5.60. The molecule has 0 amide bonds. The highest BCUT2D eigenvalue weighted by Gasteiger charge is 2.20. The summed E-state index contributed by atoms with van der Waals surface area (Å²) in [6.45, 7) is 3.56. The van der Waals surface area contributed by atoms with Gasteiger partial charge in [0.25, 0.3) is 10.0 Å². The number of nitrogens with zero attached hydrogens (tertiary/aromatic N) is 3. The number of aromatic nitrogens is 2. The van der Waals surface area contributed by atoms with Crippen LogP contribution in [0.2, 0.25) is 10.0 Å². The minimum absolute atomic E-state index is 0.0327. The molecule has 0 bridgehead atoms. The van der Waals surface area contributed by atoms with Crippen LogP contribution in [0.25, 0.3) is 0 Å². The van der Waals surface area contributed by atoms with Gasteiger partial charge >= 0.3 is 0 Å². The largest absolute Gasteiger partial charge is 0.341 e. The van der Waals surface area contributed by atoms with Crippen molar-refractivity contribution in [3.63, 3.8) is 0 Å². The van der Waals surface area contributed by atoms with Gasteiger partial charge in [-0.15, -0.1) is 0 Å². The minimum Gasteiger partial charge on any atom is -0.341 e. The van der Waals surface area contributed by atoms with Crippen molar-refractivity contribution < 1.29 is 8.42 Å². The lowest BCUT2D eigenvalue weighted by Gasteiger charge is -2.15. The number of nitrogens with one attached hydrogen (secondary N) is 1. The fourth-order valence-electron chi connectivity index (χ4n) is 2.50. The van der Waals surface area contributed by atoms with Crippen LogP contribution in [-0.2, 0) is 10.0 Å². The van der Waals surface area contributed by atoms with Gasteiger partial charge in [-0.25, -0.2) is 18.4 Å². The van der Waals surface area contributed by atoms with E-state index in [4.69, 9.17) is 23.2 Å². The van der Waals surface area contributed by atoms with E-state index in [1.54, 1.807) is 6.92 Å². The zero-order valence-corrected chi connectivity index (χ0v) is 15.3. The van der Waals surface area contributed by atoms with Crippen LogP contribution in [0.4, 0.5) is 11.6 Å². The number of sulfonamides is 1. The molecule has 0 aliphatic carbocycles. The third kappa shape index (κ3) is 3.58. The molecule has 3 rings (SSSR count). The Morgan fingerprint density at radius 2 is 1.71 bits per heavy atom. The Balaban J connectivity index is 1.83. The van der Waals surface area contributed by atoms with E-state index < -0.39 is 10.0 Å². The van der Waals surface area contributed by atoms with Gasteiger partial charge in [-0.05, 0) is 37.5 Å². The van der Waals surface area contributed by atoms with Gasteiger partial charge in [-0.1, -0.05) is 23.2 Å². The maximum atomic E-state index is 12.5. The van der Waals surface area contributed by atoms with Crippen molar-refractivity contribution >= 4 is 44.9 Å². The van der Waals surface area contributed by atoms with Crippen molar-refractivity contribution in [1.82, 2.24) is 9.97 Å². The summed E-state index contributed by atoms with van der Waals surface area (Å²) in [7, 11) is -3.85. The van der Waals surface area contributed by atoms with Crippen LogP contribution in [0.15, 0.2) is 29.4 Å². The van der Waals surface area contributed by atoms with Gasteiger partial charge in [0, 0.05) is 18.1 Å². The highest BCUT2D eigenvalue weighted by molar-refractivity contribution is 7.92.